The Bertz CT molecular complexity index is 2620. The largest absolute Gasteiger partial charge is 0.456 e. The molecule has 0 aliphatic carbocycles. The zero-order valence-corrected chi connectivity index (χ0v) is 26.1. The van der Waals surface area contributed by atoms with Crippen LogP contribution in [0.5, 0.6) is 0 Å². The summed E-state index contributed by atoms with van der Waals surface area (Å²) in [6, 6.07) is 45.3. The highest BCUT2D eigenvalue weighted by atomic mass is 16.3. The second kappa shape index (κ2) is 11.1. The maximum atomic E-state index is 6.46. The van der Waals surface area contributed by atoms with Crippen LogP contribution < -0.4 is 11.1 Å². The molecule has 1 aliphatic rings. The molecule has 2 aromatic heterocycles. The molecule has 0 fully saturated rings. The number of rotatable bonds is 5. The maximum absolute atomic E-state index is 6.46. The number of aliphatic imine (C=N–C) groups is 2. The quantitative estimate of drug-likeness (QED) is 0.200. The zero-order valence-electron chi connectivity index (χ0n) is 26.1. The van der Waals surface area contributed by atoms with Gasteiger partial charge in [0, 0.05) is 27.3 Å². The van der Waals surface area contributed by atoms with E-state index in [0.29, 0.717) is 11.7 Å². The third-order valence-corrected chi connectivity index (χ3v) is 9.13. The molecule has 0 saturated carbocycles. The molecule has 230 valence electrons. The normalized spacial score (nSPS) is 15.2. The van der Waals surface area contributed by atoms with E-state index in [1.165, 1.54) is 0 Å². The molecule has 3 N–H and O–H groups in total. The smallest absolute Gasteiger partial charge is 0.199 e. The van der Waals surface area contributed by atoms with Crippen LogP contribution in [0.4, 0.5) is 5.88 Å². The fourth-order valence-electron chi connectivity index (χ4n) is 6.93. The van der Waals surface area contributed by atoms with Gasteiger partial charge in [-0.3, -0.25) is 0 Å². The number of nitrogens with zero attached hydrogens (tertiary/aromatic N) is 2. The van der Waals surface area contributed by atoms with Crippen molar-refractivity contribution < 1.29 is 8.83 Å². The van der Waals surface area contributed by atoms with Crippen LogP contribution in [0.2, 0.25) is 0 Å². The lowest BCUT2D eigenvalue weighted by molar-refractivity contribution is 0.636. The van der Waals surface area contributed by atoms with Crippen LogP contribution in [-0.4, -0.2) is 11.7 Å². The Labute approximate surface area is 276 Å². The molecule has 1 aliphatic heterocycles. The summed E-state index contributed by atoms with van der Waals surface area (Å²) in [4.78, 5) is 10.3. The van der Waals surface area contributed by atoms with Crippen LogP contribution >= 0.6 is 0 Å². The van der Waals surface area contributed by atoms with Gasteiger partial charge in [-0.2, -0.15) is 0 Å². The average Bonchev–Trinajstić information content (AvgIpc) is 3.69. The number of fused-ring (bicyclic) bond motifs is 5. The number of furan rings is 2. The van der Waals surface area contributed by atoms with E-state index >= 15 is 0 Å². The SMILES string of the molecule is C/C=C(/c1cccc2cc(C3=NC(c4cccc5oc6ccccc6c45)=NC(c4ccccc4)N3)ccc12)c1c(N)oc2ccccc12. The van der Waals surface area contributed by atoms with E-state index in [4.69, 9.17) is 24.6 Å². The summed E-state index contributed by atoms with van der Waals surface area (Å²) in [7, 11) is 0. The van der Waals surface area contributed by atoms with Crippen molar-refractivity contribution in [3.05, 3.63) is 167 Å². The lowest BCUT2D eigenvalue weighted by atomic mass is 9.91. The number of hydrogen-bond acceptors (Lipinski definition) is 6. The first-order chi connectivity index (χ1) is 23.7. The summed E-state index contributed by atoms with van der Waals surface area (Å²) in [5.41, 5.74) is 14.9. The van der Waals surface area contributed by atoms with Gasteiger partial charge >= 0.3 is 0 Å². The molecule has 1 unspecified atom stereocenters. The van der Waals surface area contributed by atoms with Crippen molar-refractivity contribution >= 4 is 66.8 Å². The van der Waals surface area contributed by atoms with Gasteiger partial charge in [0.15, 0.2) is 11.7 Å². The second-order valence-corrected chi connectivity index (χ2v) is 11.9. The van der Waals surface area contributed by atoms with Crippen molar-refractivity contribution in [3.8, 4) is 0 Å². The third-order valence-electron chi connectivity index (χ3n) is 9.13. The van der Waals surface area contributed by atoms with E-state index in [1.54, 1.807) is 0 Å². The van der Waals surface area contributed by atoms with E-state index in [1.807, 2.05) is 73.7 Å². The van der Waals surface area contributed by atoms with Crippen LogP contribution in [-0.2, 0) is 0 Å². The molecule has 0 amide bonds. The fraction of sp³-hybridized carbons (Fsp3) is 0.0476. The molecular formula is C42H30N4O2. The van der Waals surface area contributed by atoms with E-state index < -0.39 is 0 Å². The average molecular weight is 623 g/mol. The van der Waals surface area contributed by atoms with E-state index in [-0.39, 0.29) is 6.17 Å². The molecule has 9 rings (SSSR count). The second-order valence-electron chi connectivity index (χ2n) is 11.9. The molecule has 0 bridgehead atoms. The molecule has 8 aromatic rings. The summed E-state index contributed by atoms with van der Waals surface area (Å²) in [5, 5.41) is 8.87. The monoisotopic (exact) mass is 622 g/mol. The van der Waals surface area contributed by atoms with E-state index in [2.05, 4.69) is 78.1 Å². The highest BCUT2D eigenvalue weighted by Crippen LogP contribution is 2.39. The Morgan fingerprint density at radius 3 is 2.27 bits per heavy atom. The molecule has 0 saturated heterocycles. The lowest BCUT2D eigenvalue weighted by Gasteiger charge is -2.24. The molecule has 48 heavy (non-hydrogen) atoms. The van der Waals surface area contributed by atoms with Gasteiger partial charge in [0.2, 0.25) is 0 Å². The topological polar surface area (TPSA) is 89.0 Å². The molecule has 0 radical (unpaired) electrons. The standard InChI is InChI=1S/C42H30N4O2/c1-2-28(38-32-16-7-9-20-35(32)48-39(38)43)30-17-10-14-26-24-27(22-23-29(26)30)41-44-40(25-12-4-3-5-13-25)45-42(46-41)33-18-11-21-36-37(33)31-15-6-8-19-34(31)47-36/h2-24,40H,43H2,1H3,(H,44,45,46)/b28-2-. The molecular weight excluding hydrogens is 592 g/mol. The summed E-state index contributed by atoms with van der Waals surface area (Å²) in [5.74, 6) is 1.82. The molecule has 6 aromatic carbocycles. The number of hydrogen-bond donors (Lipinski definition) is 2. The summed E-state index contributed by atoms with van der Waals surface area (Å²) >= 11 is 0. The zero-order chi connectivity index (χ0) is 32.2. The lowest BCUT2D eigenvalue weighted by Crippen LogP contribution is -2.33. The van der Waals surface area contributed by atoms with Crippen molar-refractivity contribution in [2.75, 3.05) is 5.73 Å². The number of amidine groups is 2. The Kier molecular flexibility index (Phi) is 6.47. The molecule has 6 heteroatoms. The first-order valence-electron chi connectivity index (χ1n) is 16.0. The third kappa shape index (κ3) is 4.49. The minimum atomic E-state index is -0.323. The van der Waals surface area contributed by atoms with E-state index in [0.717, 1.165) is 82.9 Å². The van der Waals surface area contributed by atoms with Gasteiger partial charge in [0.05, 0.1) is 5.56 Å². The van der Waals surface area contributed by atoms with Gasteiger partial charge in [-0.1, -0.05) is 115 Å². The van der Waals surface area contributed by atoms with Crippen molar-refractivity contribution in [2.24, 2.45) is 9.98 Å². The minimum absolute atomic E-state index is 0.323. The predicted molar refractivity (Wildman–Crippen MR) is 196 cm³/mol. The first-order valence-corrected chi connectivity index (χ1v) is 16.0. The Hall–Kier alpha value is -6.40. The molecule has 0 spiro atoms. The first kappa shape index (κ1) is 27.9. The highest BCUT2D eigenvalue weighted by Gasteiger charge is 2.24. The Morgan fingerprint density at radius 2 is 1.44 bits per heavy atom. The van der Waals surface area contributed by atoms with Crippen molar-refractivity contribution in [3.63, 3.8) is 0 Å². The number of benzene rings is 6. The van der Waals surface area contributed by atoms with Crippen LogP contribution in [0, 0.1) is 0 Å². The van der Waals surface area contributed by atoms with Gasteiger partial charge in [0.1, 0.15) is 28.8 Å². The van der Waals surface area contributed by atoms with Gasteiger partial charge in [-0.05, 0) is 58.7 Å². The predicted octanol–water partition coefficient (Wildman–Crippen LogP) is 10.0. The van der Waals surface area contributed by atoms with Crippen LogP contribution in [0.1, 0.15) is 40.9 Å². The Morgan fingerprint density at radius 1 is 0.708 bits per heavy atom. The Balaban J connectivity index is 1.18. The van der Waals surface area contributed by atoms with Gasteiger partial charge < -0.3 is 19.9 Å². The van der Waals surface area contributed by atoms with Crippen LogP contribution in [0.25, 0.3) is 49.3 Å². The highest BCUT2D eigenvalue weighted by molar-refractivity contribution is 6.22. The number of anilines is 1. The van der Waals surface area contributed by atoms with E-state index in [9.17, 15) is 0 Å². The van der Waals surface area contributed by atoms with Crippen molar-refractivity contribution in [2.45, 2.75) is 13.1 Å². The minimum Gasteiger partial charge on any atom is -0.456 e. The summed E-state index contributed by atoms with van der Waals surface area (Å²) in [6.07, 6.45) is 1.78. The maximum Gasteiger partial charge on any atom is 0.199 e. The molecule has 1 atom stereocenters. The van der Waals surface area contributed by atoms with Crippen molar-refractivity contribution in [1.29, 1.82) is 0 Å². The van der Waals surface area contributed by atoms with Crippen LogP contribution in [0.3, 0.4) is 0 Å². The van der Waals surface area contributed by atoms with Crippen molar-refractivity contribution in [1.82, 2.24) is 5.32 Å². The molecule has 3 heterocycles. The summed E-state index contributed by atoms with van der Waals surface area (Å²) < 4.78 is 12.2. The number of allylic oxidation sites excluding steroid dienone is 1. The van der Waals surface area contributed by atoms with Gasteiger partial charge in [-0.15, -0.1) is 0 Å². The van der Waals surface area contributed by atoms with Gasteiger partial charge in [0.25, 0.3) is 0 Å². The number of nitrogens with one attached hydrogen (secondary N) is 1. The van der Waals surface area contributed by atoms with Gasteiger partial charge in [-0.25, -0.2) is 9.98 Å². The van der Waals surface area contributed by atoms with Crippen LogP contribution in [0.15, 0.2) is 158 Å². The number of nitrogen functional groups attached to an aromatic ring is 1. The fourth-order valence-corrected chi connectivity index (χ4v) is 6.93. The summed E-state index contributed by atoms with van der Waals surface area (Å²) in [6.45, 7) is 2.04. The molecule has 6 nitrogen and oxygen atoms in total. The number of para-hydroxylation sites is 2. The number of nitrogens with two attached hydrogens (primary N) is 1.